The Balaban J connectivity index is 2.06. The Kier molecular flexibility index (Phi) is 7.93. The highest BCUT2D eigenvalue weighted by atomic mass is 32.2. The van der Waals surface area contributed by atoms with E-state index < -0.39 is 6.03 Å². The number of thioether (sulfide) groups is 1. The number of methoxy groups -OCH3 is 1. The SMILES string of the molecule is COCCNC(=O)NC(=O)Cn1c(SCCC(C)C)nc2ccccc21. The summed E-state index contributed by atoms with van der Waals surface area (Å²) in [4.78, 5) is 28.6. The number of benzene rings is 1. The van der Waals surface area contributed by atoms with Crippen LogP contribution in [0.5, 0.6) is 0 Å². The lowest BCUT2D eigenvalue weighted by Gasteiger charge is -2.10. The molecule has 0 aliphatic rings. The molecule has 8 heteroatoms. The number of rotatable bonds is 9. The van der Waals surface area contributed by atoms with Crippen molar-refractivity contribution in [3.05, 3.63) is 24.3 Å². The molecule has 26 heavy (non-hydrogen) atoms. The number of carbonyl (C=O) groups is 2. The number of fused-ring (bicyclic) bond motifs is 1. The second-order valence-electron chi connectivity index (χ2n) is 6.30. The maximum atomic E-state index is 12.3. The molecule has 0 unspecified atom stereocenters. The van der Waals surface area contributed by atoms with Gasteiger partial charge in [0, 0.05) is 19.4 Å². The number of ether oxygens (including phenoxy) is 1. The minimum atomic E-state index is -0.523. The van der Waals surface area contributed by atoms with Crippen molar-refractivity contribution in [2.45, 2.75) is 32.0 Å². The summed E-state index contributed by atoms with van der Waals surface area (Å²) in [6, 6.07) is 7.17. The van der Waals surface area contributed by atoms with Gasteiger partial charge < -0.3 is 14.6 Å². The van der Waals surface area contributed by atoms with Crippen LogP contribution >= 0.6 is 11.8 Å². The van der Waals surface area contributed by atoms with E-state index in [1.54, 1.807) is 18.9 Å². The van der Waals surface area contributed by atoms with Gasteiger partial charge in [-0.25, -0.2) is 9.78 Å². The molecule has 2 N–H and O–H groups in total. The molecular weight excluding hydrogens is 352 g/mol. The summed E-state index contributed by atoms with van der Waals surface area (Å²) >= 11 is 1.63. The number of carbonyl (C=O) groups excluding carboxylic acids is 2. The van der Waals surface area contributed by atoms with E-state index in [2.05, 4.69) is 29.5 Å². The smallest absolute Gasteiger partial charge is 0.321 e. The van der Waals surface area contributed by atoms with Crippen LogP contribution in [0.2, 0.25) is 0 Å². The molecule has 2 aromatic rings. The first-order valence-corrected chi connectivity index (χ1v) is 9.64. The number of urea groups is 1. The highest BCUT2D eigenvalue weighted by Crippen LogP contribution is 2.25. The van der Waals surface area contributed by atoms with Crippen LogP contribution in [0.1, 0.15) is 20.3 Å². The summed E-state index contributed by atoms with van der Waals surface area (Å²) < 4.78 is 6.72. The number of imidazole rings is 1. The van der Waals surface area contributed by atoms with E-state index in [0.717, 1.165) is 28.4 Å². The third-order valence-electron chi connectivity index (χ3n) is 3.69. The van der Waals surface area contributed by atoms with E-state index in [0.29, 0.717) is 19.1 Å². The maximum Gasteiger partial charge on any atom is 0.321 e. The largest absolute Gasteiger partial charge is 0.383 e. The van der Waals surface area contributed by atoms with Crippen LogP contribution < -0.4 is 10.6 Å². The average molecular weight is 378 g/mol. The van der Waals surface area contributed by atoms with Crippen molar-refractivity contribution < 1.29 is 14.3 Å². The van der Waals surface area contributed by atoms with Crippen LogP contribution in [0.15, 0.2) is 29.4 Å². The summed E-state index contributed by atoms with van der Waals surface area (Å²) in [5.41, 5.74) is 1.73. The van der Waals surface area contributed by atoms with Gasteiger partial charge in [-0.15, -0.1) is 0 Å². The lowest BCUT2D eigenvalue weighted by atomic mass is 10.2. The van der Waals surface area contributed by atoms with Crippen LogP contribution in [0.4, 0.5) is 4.79 Å². The Bertz CT molecular complexity index is 745. The number of imide groups is 1. The van der Waals surface area contributed by atoms with Crippen LogP contribution in [-0.4, -0.2) is 47.5 Å². The standard InChI is InChI=1S/C18H26N4O3S/c1-13(2)8-11-26-18-20-14-6-4-5-7-15(14)22(18)12-16(23)21-17(24)19-9-10-25-3/h4-7,13H,8-12H2,1-3H3,(H2,19,21,23,24). The second-order valence-corrected chi connectivity index (χ2v) is 7.36. The molecule has 7 nitrogen and oxygen atoms in total. The van der Waals surface area contributed by atoms with Gasteiger partial charge >= 0.3 is 6.03 Å². The lowest BCUT2D eigenvalue weighted by molar-refractivity contribution is -0.120. The fraction of sp³-hybridized carbons (Fsp3) is 0.500. The zero-order valence-corrected chi connectivity index (χ0v) is 16.3. The van der Waals surface area contributed by atoms with Crippen LogP contribution in [-0.2, 0) is 16.1 Å². The molecule has 1 heterocycles. The molecule has 0 aliphatic carbocycles. The van der Waals surface area contributed by atoms with E-state index in [1.807, 2.05) is 28.8 Å². The maximum absolute atomic E-state index is 12.3. The summed E-state index contributed by atoms with van der Waals surface area (Å²) in [5, 5.41) is 5.70. The summed E-state index contributed by atoms with van der Waals surface area (Å²) in [5.74, 6) is 1.16. The van der Waals surface area contributed by atoms with Gasteiger partial charge in [-0.05, 0) is 24.5 Å². The molecule has 0 saturated carbocycles. The van der Waals surface area contributed by atoms with E-state index in [-0.39, 0.29) is 12.5 Å². The van der Waals surface area contributed by atoms with Crippen molar-refractivity contribution in [3.8, 4) is 0 Å². The van der Waals surface area contributed by atoms with Gasteiger partial charge in [0.05, 0.1) is 17.6 Å². The highest BCUT2D eigenvalue weighted by molar-refractivity contribution is 7.99. The molecular formula is C18H26N4O3S. The predicted octanol–water partition coefficient (Wildman–Crippen LogP) is 2.65. The fourth-order valence-electron chi connectivity index (χ4n) is 2.32. The van der Waals surface area contributed by atoms with Crippen LogP contribution in [0, 0.1) is 5.92 Å². The first kappa shape index (κ1) is 20.3. The van der Waals surface area contributed by atoms with Gasteiger partial charge in [-0.1, -0.05) is 37.7 Å². The first-order valence-electron chi connectivity index (χ1n) is 8.66. The molecule has 0 fully saturated rings. The summed E-state index contributed by atoms with van der Waals surface area (Å²) in [6.07, 6.45) is 1.07. The third kappa shape index (κ3) is 6.03. The van der Waals surface area contributed by atoms with Crippen molar-refractivity contribution in [2.24, 2.45) is 5.92 Å². The Morgan fingerprint density at radius 2 is 2.08 bits per heavy atom. The number of aromatic nitrogens is 2. The van der Waals surface area contributed by atoms with Crippen molar-refractivity contribution in [1.82, 2.24) is 20.2 Å². The molecule has 0 atom stereocenters. The molecule has 142 valence electrons. The van der Waals surface area contributed by atoms with E-state index >= 15 is 0 Å². The van der Waals surface area contributed by atoms with Crippen molar-refractivity contribution in [2.75, 3.05) is 26.0 Å². The predicted molar refractivity (Wildman–Crippen MR) is 103 cm³/mol. The van der Waals surface area contributed by atoms with Crippen molar-refractivity contribution in [3.63, 3.8) is 0 Å². The fourth-order valence-corrected chi connectivity index (χ4v) is 3.58. The van der Waals surface area contributed by atoms with Gasteiger partial charge in [0.1, 0.15) is 6.54 Å². The molecule has 0 bridgehead atoms. The van der Waals surface area contributed by atoms with E-state index in [4.69, 9.17) is 4.74 Å². The average Bonchev–Trinajstić information content (AvgIpc) is 2.92. The number of hydrogen-bond donors (Lipinski definition) is 2. The highest BCUT2D eigenvalue weighted by Gasteiger charge is 2.15. The Labute approximate surface area is 157 Å². The van der Waals surface area contributed by atoms with Gasteiger partial charge in [0.2, 0.25) is 5.91 Å². The zero-order chi connectivity index (χ0) is 18.9. The number of amides is 3. The Morgan fingerprint density at radius 3 is 2.81 bits per heavy atom. The van der Waals surface area contributed by atoms with Crippen LogP contribution in [0.25, 0.3) is 11.0 Å². The zero-order valence-electron chi connectivity index (χ0n) is 15.4. The van der Waals surface area contributed by atoms with E-state index in [9.17, 15) is 9.59 Å². The molecule has 0 aliphatic heterocycles. The van der Waals surface area contributed by atoms with Gasteiger partial charge in [-0.3, -0.25) is 10.1 Å². The molecule has 2 rings (SSSR count). The normalized spacial score (nSPS) is 11.1. The minimum absolute atomic E-state index is 0.0439. The molecule has 0 saturated heterocycles. The molecule has 3 amide bonds. The molecule has 0 spiro atoms. The number of para-hydroxylation sites is 2. The Morgan fingerprint density at radius 1 is 1.31 bits per heavy atom. The quantitative estimate of drug-likeness (QED) is 0.518. The number of nitrogens with one attached hydrogen (secondary N) is 2. The van der Waals surface area contributed by atoms with Gasteiger partial charge in [-0.2, -0.15) is 0 Å². The van der Waals surface area contributed by atoms with Crippen molar-refractivity contribution >= 4 is 34.7 Å². The first-order chi connectivity index (χ1) is 12.5. The molecule has 1 aromatic heterocycles. The summed E-state index contributed by atoms with van der Waals surface area (Å²) in [6.45, 7) is 5.14. The second kappa shape index (κ2) is 10.2. The number of nitrogens with zero attached hydrogens (tertiary/aromatic N) is 2. The lowest BCUT2D eigenvalue weighted by Crippen LogP contribution is -2.42. The summed E-state index contributed by atoms with van der Waals surface area (Å²) in [7, 11) is 1.55. The molecule has 1 aromatic carbocycles. The van der Waals surface area contributed by atoms with E-state index in [1.165, 1.54) is 0 Å². The topological polar surface area (TPSA) is 85.3 Å². The minimum Gasteiger partial charge on any atom is -0.383 e. The number of hydrogen-bond acceptors (Lipinski definition) is 5. The molecule has 0 radical (unpaired) electrons. The van der Waals surface area contributed by atoms with Crippen LogP contribution in [0.3, 0.4) is 0 Å². The van der Waals surface area contributed by atoms with Crippen molar-refractivity contribution in [1.29, 1.82) is 0 Å². The Hall–Kier alpha value is -2.06. The van der Waals surface area contributed by atoms with Gasteiger partial charge in [0.25, 0.3) is 0 Å². The monoisotopic (exact) mass is 378 g/mol. The van der Waals surface area contributed by atoms with Gasteiger partial charge in [0.15, 0.2) is 5.16 Å². The third-order valence-corrected chi connectivity index (χ3v) is 4.70.